The number of likely N-dealkylation sites (N-methyl/N-ethyl adjacent to an activating group) is 1. The van der Waals surface area contributed by atoms with Crippen LogP contribution < -0.4 is 15.5 Å². The smallest absolute Gasteiger partial charge is 0.244 e. The first-order chi connectivity index (χ1) is 19.6. The number of aliphatic hydroxyl groups excluding tert-OH is 1. The van der Waals surface area contributed by atoms with Crippen molar-refractivity contribution in [1.29, 1.82) is 0 Å². The zero-order valence-electron chi connectivity index (χ0n) is 23.8. The Kier molecular flexibility index (Phi) is 9.64. The lowest BCUT2D eigenvalue weighted by Gasteiger charge is -2.35. The number of hydrogen-bond donors (Lipinski definition) is 2. The lowest BCUT2D eigenvalue weighted by atomic mass is 10.2. The molecule has 2 aliphatic rings. The number of aliphatic hydroxyl groups is 1. The van der Waals surface area contributed by atoms with Gasteiger partial charge in [-0.2, -0.15) is 15.1 Å². The quantitative estimate of drug-likeness (QED) is 0.418. The molecule has 0 unspecified atom stereocenters. The Bertz CT molecular complexity index is 1420. The molecular formula is C28H36ClF2N9O2. The number of benzene rings is 1. The van der Waals surface area contributed by atoms with E-state index in [-0.39, 0.29) is 30.8 Å². The van der Waals surface area contributed by atoms with Gasteiger partial charge in [0.15, 0.2) is 5.82 Å². The van der Waals surface area contributed by atoms with Gasteiger partial charge in [0.2, 0.25) is 11.9 Å². The standard InChI is InChI=1S/C28H35F2N9O2.ClH/c1-18-19(5-4-6-36-7-9-37(10-8-36)22-12-20(29)11-21(30)13-22)16-32-39(18)26-15-25(33-28(31)34-26)38-17-23(40)14-24(38)27(41)35(2)3;/h4-5,11-13,15-16,23-24,40H,6-10,14,17H2,1-3H3,(H2,31,33,34);1H/b5-4+;/t23-,24-;/m0./s1. The maximum Gasteiger partial charge on any atom is 0.244 e. The van der Waals surface area contributed by atoms with Crippen molar-refractivity contribution in [3.63, 3.8) is 0 Å². The van der Waals surface area contributed by atoms with Crippen molar-refractivity contribution in [2.75, 3.05) is 68.9 Å². The molecule has 2 aromatic heterocycles. The number of carbonyl (C=O) groups is 1. The SMILES string of the molecule is Cc1c(/C=C/CN2CCN(c3cc(F)cc(F)c3)CC2)cnn1-c1cc(N2C[C@@H](O)C[C@H]2C(=O)N(C)C)nc(N)n1.Cl. The highest BCUT2D eigenvalue weighted by molar-refractivity contribution is 5.86. The zero-order valence-corrected chi connectivity index (χ0v) is 24.6. The molecule has 3 aromatic rings. The maximum atomic E-state index is 13.6. The van der Waals surface area contributed by atoms with Gasteiger partial charge in [0.1, 0.15) is 23.5 Å². The maximum absolute atomic E-state index is 13.6. The molecule has 2 aliphatic heterocycles. The molecule has 5 rings (SSSR count). The lowest BCUT2D eigenvalue weighted by molar-refractivity contribution is -0.130. The topological polar surface area (TPSA) is 120 Å². The molecule has 1 amide bonds. The van der Waals surface area contributed by atoms with Crippen molar-refractivity contribution in [2.24, 2.45) is 0 Å². The number of nitrogen functional groups attached to an aromatic ring is 1. The van der Waals surface area contributed by atoms with E-state index in [1.165, 1.54) is 17.0 Å². The summed E-state index contributed by atoms with van der Waals surface area (Å²) in [6.45, 7) is 5.82. The molecular weight excluding hydrogens is 568 g/mol. The highest BCUT2D eigenvalue weighted by atomic mass is 35.5. The van der Waals surface area contributed by atoms with E-state index in [0.717, 1.165) is 37.0 Å². The predicted octanol–water partition coefficient (Wildman–Crippen LogP) is 2.12. The molecule has 2 saturated heterocycles. The highest BCUT2D eigenvalue weighted by Crippen LogP contribution is 2.28. The average Bonchev–Trinajstić information content (AvgIpc) is 3.50. The van der Waals surface area contributed by atoms with Crippen LogP contribution in [0.15, 0.2) is 36.5 Å². The predicted molar refractivity (Wildman–Crippen MR) is 160 cm³/mol. The number of nitrogens with two attached hydrogens (primary N) is 1. The van der Waals surface area contributed by atoms with Gasteiger partial charge in [-0.15, -0.1) is 12.4 Å². The third-order valence-corrected chi connectivity index (χ3v) is 7.53. The largest absolute Gasteiger partial charge is 0.391 e. The molecule has 14 heteroatoms. The molecule has 2 fully saturated rings. The van der Waals surface area contributed by atoms with Crippen molar-refractivity contribution < 1.29 is 18.7 Å². The van der Waals surface area contributed by atoms with Crippen LogP contribution >= 0.6 is 12.4 Å². The Morgan fingerprint density at radius 3 is 2.43 bits per heavy atom. The Morgan fingerprint density at radius 1 is 1.10 bits per heavy atom. The minimum atomic E-state index is -0.654. The van der Waals surface area contributed by atoms with Crippen LogP contribution in [0, 0.1) is 18.6 Å². The van der Waals surface area contributed by atoms with Gasteiger partial charge >= 0.3 is 0 Å². The van der Waals surface area contributed by atoms with E-state index in [4.69, 9.17) is 5.73 Å². The summed E-state index contributed by atoms with van der Waals surface area (Å²) in [6, 6.07) is 4.79. The van der Waals surface area contributed by atoms with Crippen LogP contribution in [0.4, 0.5) is 26.2 Å². The van der Waals surface area contributed by atoms with Gasteiger partial charge in [-0.25, -0.2) is 13.5 Å². The third-order valence-electron chi connectivity index (χ3n) is 7.53. The lowest BCUT2D eigenvalue weighted by Crippen LogP contribution is -2.46. The number of β-amino-alcohol motifs (C(OH)–C–C–N with tert-alkyl or cyclic N) is 1. The van der Waals surface area contributed by atoms with E-state index >= 15 is 0 Å². The fraction of sp³-hybridized carbons (Fsp3) is 0.429. The third kappa shape index (κ3) is 6.80. The second kappa shape index (κ2) is 13.0. The summed E-state index contributed by atoms with van der Waals surface area (Å²) in [5.74, 6) is -0.293. The van der Waals surface area contributed by atoms with E-state index in [1.807, 2.05) is 17.9 Å². The van der Waals surface area contributed by atoms with Gasteiger partial charge in [-0.05, 0) is 19.1 Å². The number of rotatable bonds is 7. The number of nitrogens with zero attached hydrogens (tertiary/aromatic N) is 8. The van der Waals surface area contributed by atoms with Crippen molar-refractivity contribution in [1.82, 2.24) is 29.5 Å². The van der Waals surface area contributed by atoms with E-state index in [0.29, 0.717) is 36.8 Å². The fourth-order valence-corrected chi connectivity index (χ4v) is 5.35. The summed E-state index contributed by atoms with van der Waals surface area (Å²) in [6.07, 6.45) is 5.47. The summed E-state index contributed by atoms with van der Waals surface area (Å²) in [4.78, 5) is 29.0. The van der Waals surface area contributed by atoms with Crippen molar-refractivity contribution >= 4 is 41.8 Å². The molecule has 3 N–H and O–H groups in total. The van der Waals surface area contributed by atoms with E-state index in [1.54, 1.807) is 35.9 Å². The van der Waals surface area contributed by atoms with Crippen LogP contribution in [0.2, 0.25) is 0 Å². The Morgan fingerprint density at radius 2 is 1.76 bits per heavy atom. The first kappa shape index (κ1) is 31.1. The van der Waals surface area contributed by atoms with Crippen LogP contribution in [0.25, 0.3) is 11.9 Å². The molecule has 0 bridgehead atoms. The Balaban J connectivity index is 0.00000405. The molecule has 0 aliphatic carbocycles. The van der Waals surface area contributed by atoms with Gasteiger partial charge in [-0.3, -0.25) is 9.69 Å². The molecule has 42 heavy (non-hydrogen) atoms. The molecule has 0 spiro atoms. The fourth-order valence-electron chi connectivity index (χ4n) is 5.35. The van der Waals surface area contributed by atoms with E-state index < -0.39 is 23.8 Å². The van der Waals surface area contributed by atoms with Gasteiger partial charge in [0, 0.05) is 83.2 Å². The molecule has 1 aromatic carbocycles. The average molecular weight is 604 g/mol. The molecule has 0 saturated carbocycles. The second-order valence-corrected chi connectivity index (χ2v) is 10.6. The number of hydrogen-bond acceptors (Lipinski definition) is 9. The van der Waals surface area contributed by atoms with E-state index in [9.17, 15) is 18.7 Å². The summed E-state index contributed by atoms with van der Waals surface area (Å²) in [7, 11) is 3.37. The monoisotopic (exact) mass is 603 g/mol. The summed E-state index contributed by atoms with van der Waals surface area (Å²) >= 11 is 0. The number of amides is 1. The van der Waals surface area contributed by atoms with E-state index in [2.05, 4.69) is 26.0 Å². The van der Waals surface area contributed by atoms with Gasteiger partial charge in [-0.1, -0.05) is 12.2 Å². The summed E-state index contributed by atoms with van der Waals surface area (Å²) in [5, 5.41) is 14.8. The first-order valence-electron chi connectivity index (χ1n) is 13.5. The summed E-state index contributed by atoms with van der Waals surface area (Å²) < 4.78 is 28.9. The van der Waals surface area contributed by atoms with Crippen molar-refractivity contribution in [3.05, 3.63) is 59.4 Å². The summed E-state index contributed by atoms with van der Waals surface area (Å²) in [5.41, 5.74) is 8.38. The molecule has 11 nitrogen and oxygen atoms in total. The number of carbonyl (C=O) groups excluding carboxylic acids is 1. The van der Waals surface area contributed by atoms with Crippen LogP contribution in [0.3, 0.4) is 0 Å². The van der Waals surface area contributed by atoms with Crippen LogP contribution in [-0.4, -0.2) is 106 Å². The number of anilines is 3. The van der Waals surface area contributed by atoms with Crippen LogP contribution in [0.5, 0.6) is 0 Å². The van der Waals surface area contributed by atoms with Gasteiger partial charge < -0.3 is 25.5 Å². The van der Waals surface area contributed by atoms with Crippen molar-refractivity contribution in [3.8, 4) is 5.82 Å². The van der Waals surface area contributed by atoms with Gasteiger partial charge in [0.25, 0.3) is 0 Å². The minimum absolute atomic E-state index is 0. The molecule has 226 valence electrons. The highest BCUT2D eigenvalue weighted by Gasteiger charge is 2.38. The molecule has 4 heterocycles. The number of piperazine rings is 1. The van der Waals surface area contributed by atoms with Crippen LogP contribution in [0.1, 0.15) is 17.7 Å². The van der Waals surface area contributed by atoms with Gasteiger partial charge in [0.05, 0.1) is 18.0 Å². The Labute approximate surface area is 249 Å². The second-order valence-electron chi connectivity index (χ2n) is 10.6. The Hall–Kier alpha value is -3.81. The van der Waals surface area contributed by atoms with Crippen LogP contribution in [-0.2, 0) is 4.79 Å². The minimum Gasteiger partial charge on any atom is -0.391 e. The molecule has 0 radical (unpaired) electrons. The molecule has 2 atom stereocenters. The normalized spacial score (nSPS) is 19.4. The number of aromatic nitrogens is 4. The van der Waals surface area contributed by atoms with Crippen molar-refractivity contribution in [2.45, 2.75) is 25.5 Å². The zero-order chi connectivity index (χ0) is 29.3. The number of halogens is 3. The first-order valence-corrected chi connectivity index (χ1v) is 13.5.